The van der Waals surface area contributed by atoms with Crippen LogP contribution in [0.3, 0.4) is 0 Å². The number of carbonyl (C=O) groups excluding carboxylic acids is 1. The van der Waals surface area contributed by atoms with Gasteiger partial charge in [-0.05, 0) is 30.3 Å². The van der Waals surface area contributed by atoms with Gasteiger partial charge in [-0.1, -0.05) is 24.3 Å². The van der Waals surface area contributed by atoms with Gasteiger partial charge in [0.05, 0.1) is 12.8 Å². The zero-order valence-electron chi connectivity index (χ0n) is 15.2. The number of nitrogens with one attached hydrogen (secondary N) is 1. The maximum Gasteiger partial charge on any atom is 0.262 e. The molecule has 4 rings (SSSR count). The van der Waals surface area contributed by atoms with Crippen LogP contribution in [0, 0.1) is 0 Å². The summed E-state index contributed by atoms with van der Waals surface area (Å²) in [5.74, 6) is 1.50. The summed E-state index contributed by atoms with van der Waals surface area (Å²) in [6.45, 7) is -0.111. The van der Waals surface area contributed by atoms with Crippen molar-refractivity contribution >= 4 is 17.4 Å². The molecular weight excluding hydrogens is 356 g/mol. The predicted molar refractivity (Wildman–Crippen MR) is 106 cm³/mol. The van der Waals surface area contributed by atoms with Gasteiger partial charge in [0.2, 0.25) is 5.78 Å². The number of nitrogens with zero attached hydrogens (tertiary/aromatic N) is 3. The van der Waals surface area contributed by atoms with Gasteiger partial charge in [-0.25, -0.2) is 9.97 Å². The molecule has 2 aromatic heterocycles. The number of hydrogen-bond acceptors (Lipinski definition) is 5. The number of carbonyl (C=O) groups is 1. The smallest absolute Gasteiger partial charge is 0.262 e. The van der Waals surface area contributed by atoms with E-state index in [0.29, 0.717) is 23.0 Å². The number of para-hydroxylation sites is 2. The highest BCUT2D eigenvalue weighted by atomic mass is 16.5. The van der Waals surface area contributed by atoms with Gasteiger partial charge >= 0.3 is 0 Å². The van der Waals surface area contributed by atoms with Crippen LogP contribution >= 0.6 is 0 Å². The van der Waals surface area contributed by atoms with Crippen molar-refractivity contribution in [2.24, 2.45) is 0 Å². The highest BCUT2D eigenvalue weighted by Crippen LogP contribution is 2.25. The molecule has 0 saturated heterocycles. The van der Waals surface area contributed by atoms with E-state index in [9.17, 15) is 4.79 Å². The number of ether oxygens (including phenoxy) is 2. The molecule has 0 unspecified atom stereocenters. The van der Waals surface area contributed by atoms with Gasteiger partial charge in [0.1, 0.15) is 0 Å². The monoisotopic (exact) mass is 374 g/mol. The summed E-state index contributed by atoms with van der Waals surface area (Å²) in [4.78, 5) is 20.9. The Morgan fingerprint density at radius 1 is 1.07 bits per heavy atom. The lowest BCUT2D eigenvalue weighted by molar-refractivity contribution is -0.118. The average Bonchev–Trinajstić information content (AvgIpc) is 3.17. The van der Waals surface area contributed by atoms with E-state index in [2.05, 4.69) is 15.3 Å². The third kappa shape index (κ3) is 3.78. The molecule has 0 aliphatic carbocycles. The van der Waals surface area contributed by atoms with E-state index in [1.54, 1.807) is 25.4 Å². The van der Waals surface area contributed by atoms with Crippen LogP contribution in [0.5, 0.6) is 11.5 Å². The van der Waals surface area contributed by atoms with Gasteiger partial charge in [0, 0.05) is 29.8 Å². The van der Waals surface area contributed by atoms with Gasteiger partial charge in [-0.2, -0.15) is 0 Å². The largest absolute Gasteiger partial charge is 0.493 e. The number of aromatic nitrogens is 3. The Kier molecular flexibility index (Phi) is 4.88. The number of benzene rings is 2. The lowest BCUT2D eigenvalue weighted by Crippen LogP contribution is -2.20. The second kappa shape index (κ2) is 7.79. The Morgan fingerprint density at radius 2 is 1.86 bits per heavy atom. The molecule has 0 saturated carbocycles. The summed E-state index contributed by atoms with van der Waals surface area (Å²) >= 11 is 0. The van der Waals surface area contributed by atoms with Crippen LogP contribution in [0.4, 0.5) is 5.69 Å². The number of rotatable bonds is 6. The third-order valence-electron chi connectivity index (χ3n) is 4.13. The van der Waals surface area contributed by atoms with Gasteiger partial charge in [-0.3, -0.25) is 9.20 Å². The molecule has 0 fully saturated rings. The van der Waals surface area contributed by atoms with E-state index >= 15 is 0 Å². The second-order valence-corrected chi connectivity index (χ2v) is 6.02. The van der Waals surface area contributed by atoms with Crippen molar-refractivity contribution in [2.45, 2.75) is 0 Å². The fourth-order valence-corrected chi connectivity index (χ4v) is 2.77. The summed E-state index contributed by atoms with van der Waals surface area (Å²) in [7, 11) is 1.56. The SMILES string of the molecule is COc1ccccc1OCC(=O)Nc1ccc(-c2cn3cccnc3n2)cc1. The molecule has 1 amide bonds. The lowest BCUT2D eigenvalue weighted by atomic mass is 10.1. The van der Waals surface area contributed by atoms with Crippen LogP contribution in [0.2, 0.25) is 0 Å². The molecule has 28 heavy (non-hydrogen) atoms. The first-order chi connectivity index (χ1) is 13.7. The van der Waals surface area contributed by atoms with Crippen LogP contribution < -0.4 is 14.8 Å². The van der Waals surface area contributed by atoms with Crippen molar-refractivity contribution in [1.29, 1.82) is 0 Å². The molecule has 7 nitrogen and oxygen atoms in total. The normalized spacial score (nSPS) is 10.6. The molecule has 0 aliphatic heterocycles. The van der Waals surface area contributed by atoms with E-state index in [0.717, 1.165) is 11.3 Å². The quantitative estimate of drug-likeness (QED) is 0.559. The third-order valence-corrected chi connectivity index (χ3v) is 4.13. The van der Waals surface area contributed by atoms with E-state index in [4.69, 9.17) is 9.47 Å². The number of fused-ring (bicyclic) bond motifs is 1. The maximum atomic E-state index is 12.2. The van der Waals surface area contributed by atoms with Crippen molar-refractivity contribution in [1.82, 2.24) is 14.4 Å². The molecule has 0 aliphatic rings. The van der Waals surface area contributed by atoms with E-state index in [1.807, 2.05) is 59.3 Å². The minimum Gasteiger partial charge on any atom is -0.493 e. The van der Waals surface area contributed by atoms with Crippen molar-refractivity contribution in [2.75, 3.05) is 19.0 Å². The molecule has 2 heterocycles. The van der Waals surface area contributed by atoms with Crippen LogP contribution in [-0.2, 0) is 4.79 Å². The zero-order valence-corrected chi connectivity index (χ0v) is 15.2. The minimum absolute atomic E-state index is 0.111. The molecule has 0 atom stereocenters. The van der Waals surface area contributed by atoms with Gasteiger partial charge < -0.3 is 14.8 Å². The van der Waals surface area contributed by atoms with Crippen molar-refractivity contribution in [3.8, 4) is 22.8 Å². The summed E-state index contributed by atoms with van der Waals surface area (Å²) in [5, 5.41) is 2.81. The summed E-state index contributed by atoms with van der Waals surface area (Å²) in [5.41, 5.74) is 2.43. The van der Waals surface area contributed by atoms with E-state index in [1.165, 1.54) is 0 Å². The van der Waals surface area contributed by atoms with Gasteiger partial charge in [-0.15, -0.1) is 0 Å². The summed E-state index contributed by atoms with van der Waals surface area (Å²) in [6, 6.07) is 16.5. The molecule has 2 aromatic carbocycles. The number of imidazole rings is 1. The minimum atomic E-state index is -0.254. The fourth-order valence-electron chi connectivity index (χ4n) is 2.77. The number of hydrogen-bond donors (Lipinski definition) is 1. The fraction of sp³-hybridized carbons (Fsp3) is 0.0952. The molecule has 0 spiro atoms. The highest BCUT2D eigenvalue weighted by Gasteiger charge is 2.08. The molecule has 4 aromatic rings. The van der Waals surface area contributed by atoms with Crippen molar-refractivity contribution < 1.29 is 14.3 Å². The number of anilines is 1. The van der Waals surface area contributed by atoms with Crippen molar-refractivity contribution in [3.05, 3.63) is 73.2 Å². The molecule has 7 heteroatoms. The van der Waals surface area contributed by atoms with Crippen LogP contribution in [0.1, 0.15) is 0 Å². The average molecular weight is 374 g/mol. The standard InChI is InChI=1S/C21H18N4O3/c1-27-18-5-2-3-6-19(18)28-14-20(26)23-16-9-7-15(8-10-16)17-13-25-12-4-11-22-21(25)24-17/h2-13H,14H2,1H3,(H,23,26). The number of methoxy groups -OCH3 is 1. The van der Waals surface area contributed by atoms with E-state index in [-0.39, 0.29) is 12.5 Å². The second-order valence-electron chi connectivity index (χ2n) is 6.02. The molecule has 1 N–H and O–H groups in total. The first-order valence-corrected chi connectivity index (χ1v) is 8.69. The van der Waals surface area contributed by atoms with E-state index < -0.39 is 0 Å². The maximum absolute atomic E-state index is 12.2. The summed E-state index contributed by atoms with van der Waals surface area (Å²) < 4.78 is 12.6. The Balaban J connectivity index is 1.39. The molecule has 0 bridgehead atoms. The highest BCUT2D eigenvalue weighted by molar-refractivity contribution is 5.92. The number of amides is 1. The summed E-state index contributed by atoms with van der Waals surface area (Å²) in [6.07, 6.45) is 5.52. The Bertz CT molecular complexity index is 1070. The molecule has 140 valence electrons. The molecule has 0 radical (unpaired) electrons. The first-order valence-electron chi connectivity index (χ1n) is 8.69. The van der Waals surface area contributed by atoms with Gasteiger partial charge in [0.25, 0.3) is 5.91 Å². The lowest BCUT2D eigenvalue weighted by Gasteiger charge is -2.10. The molecular formula is C21H18N4O3. The Morgan fingerprint density at radius 3 is 2.61 bits per heavy atom. The van der Waals surface area contributed by atoms with Crippen LogP contribution in [-0.4, -0.2) is 34.0 Å². The van der Waals surface area contributed by atoms with Crippen LogP contribution in [0.15, 0.2) is 73.2 Å². The Labute approximate surface area is 161 Å². The zero-order chi connectivity index (χ0) is 19.3. The Hall–Kier alpha value is -3.87. The van der Waals surface area contributed by atoms with Gasteiger partial charge in [0.15, 0.2) is 18.1 Å². The first kappa shape index (κ1) is 17.5. The van der Waals surface area contributed by atoms with Crippen LogP contribution in [0.25, 0.3) is 17.0 Å². The predicted octanol–water partition coefficient (Wildman–Crippen LogP) is 3.42. The van der Waals surface area contributed by atoms with Crippen molar-refractivity contribution in [3.63, 3.8) is 0 Å². The topological polar surface area (TPSA) is 77.8 Å².